The summed E-state index contributed by atoms with van der Waals surface area (Å²) < 4.78 is 5.31. The Morgan fingerprint density at radius 1 is 1.33 bits per heavy atom. The number of carbonyl (C=O) groups excluding carboxylic acids is 1. The Bertz CT molecular complexity index is 944. The Hall–Kier alpha value is -2.28. The second kappa shape index (κ2) is 5.66. The monoisotopic (exact) mass is 342 g/mol. The Morgan fingerprint density at radius 3 is 2.92 bits per heavy atom. The minimum atomic E-state index is -0.150. The van der Waals surface area contributed by atoms with Crippen LogP contribution in [0.3, 0.4) is 0 Å². The number of carbonyl (C=O) groups is 1. The molecule has 0 saturated carbocycles. The molecule has 1 aliphatic carbocycles. The lowest BCUT2D eigenvalue weighted by atomic mass is 10.0. The van der Waals surface area contributed by atoms with Crippen LogP contribution in [0.25, 0.3) is 11.1 Å². The molecule has 1 atom stereocenters. The second-order valence-corrected chi connectivity index (χ2v) is 7.26. The van der Waals surface area contributed by atoms with E-state index >= 15 is 0 Å². The molecule has 0 unspecified atom stereocenters. The van der Waals surface area contributed by atoms with Gasteiger partial charge in [0.15, 0.2) is 0 Å². The summed E-state index contributed by atoms with van der Waals surface area (Å²) in [7, 11) is 0. The van der Waals surface area contributed by atoms with E-state index in [1.165, 1.54) is 0 Å². The van der Waals surface area contributed by atoms with E-state index in [1.54, 1.807) is 11.3 Å². The standard InChI is InChI=1S/C17H18N4O2S/c1-8(13-7-24-10(3)19-13)18-16(22)15-11-5-4-6-12(11)20-17-14(15)9(2)21-23-17/h7-8H,4-6H2,1-3H3,(H,18,22)/t8-/m1/s1. The number of rotatable bonds is 3. The van der Waals surface area contributed by atoms with Crippen molar-refractivity contribution in [2.75, 3.05) is 0 Å². The van der Waals surface area contributed by atoms with E-state index in [1.807, 2.05) is 26.2 Å². The molecule has 0 aliphatic heterocycles. The Kier molecular flexibility index (Phi) is 3.60. The van der Waals surface area contributed by atoms with E-state index in [9.17, 15) is 4.79 Å². The molecule has 0 fully saturated rings. The van der Waals surface area contributed by atoms with Gasteiger partial charge in [0.25, 0.3) is 11.6 Å². The number of hydrogen-bond acceptors (Lipinski definition) is 6. The Labute approximate surface area is 143 Å². The highest BCUT2D eigenvalue weighted by Gasteiger charge is 2.28. The molecule has 3 heterocycles. The Balaban J connectivity index is 1.75. The van der Waals surface area contributed by atoms with Crippen LogP contribution >= 0.6 is 11.3 Å². The van der Waals surface area contributed by atoms with E-state index < -0.39 is 0 Å². The molecular formula is C17H18N4O2S. The lowest BCUT2D eigenvalue weighted by Gasteiger charge is -2.14. The third-order valence-electron chi connectivity index (χ3n) is 4.48. The van der Waals surface area contributed by atoms with Crippen LogP contribution in [0.2, 0.25) is 0 Å². The van der Waals surface area contributed by atoms with Crippen molar-refractivity contribution >= 4 is 28.3 Å². The number of aryl methyl sites for hydroxylation is 3. The van der Waals surface area contributed by atoms with E-state index in [0.29, 0.717) is 17.0 Å². The third-order valence-corrected chi connectivity index (χ3v) is 5.27. The predicted molar refractivity (Wildman–Crippen MR) is 91.3 cm³/mol. The van der Waals surface area contributed by atoms with Crippen LogP contribution in [0.15, 0.2) is 9.90 Å². The molecular weight excluding hydrogens is 324 g/mol. The molecule has 1 aliphatic rings. The summed E-state index contributed by atoms with van der Waals surface area (Å²) >= 11 is 1.58. The lowest BCUT2D eigenvalue weighted by molar-refractivity contribution is 0.0940. The van der Waals surface area contributed by atoms with Gasteiger partial charge in [-0.05, 0) is 45.6 Å². The SMILES string of the molecule is Cc1nc([C@@H](C)NC(=O)c2c3c(nc4onc(C)c24)CCC3)cs1. The normalized spacial score (nSPS) is 14.8. The first kappa shape index (κ1) is 15.3. The summed E-state index contributed by atoms with van der Waals surface area (Å²) in [5.74, 6) is -0.106. The number of nitrogens with zero attached hydrogens (tertiary/aromatic N) is 3. The van der Waals surface area contributed by atoms with Crippen molar-refractivity contribution < 1.29 is 9.32 Å². The number of hydrogen-bond donors (Lipinski definition) is 1. The number of amides is 1. The zero-order chi connectivity index (χ0) is 16.8. The van der Waals surface area contributed by atoms with Gasteiger partial charge < -0.3 is 9.84 Å². The van der Waals surface area contributed by atoms with Crippen LogP contribution < -0.4 is 5.32 Å². The van der Waals surface area contributed by atoms with Crippen LogP contribution in [0.5, 0.6) is 0 Å². The Morgan fingerprint density at radius 2 is 2.17 bits per heavy atom. The van der Waals surface area contributed by atoms with Crippen molar-refractivity contribution in [2.45, 2.75) is 46.1 Å². The topological polar surface area (TPSA) is 80.9 Å². The summed E-state index contributed by atoms with van der Waals surface area (Å²) in [4.78, 5) is 22.0. The van der Waals surface area contributed by atoms with E-state index in [-0.39, 0.29) is 11.9 Å². The lowest BCUT2D eigenvalue weighted by Crippen LogP contribution is -2.28. The molecule has 124 valence electrons. The highest BCUT2D eigenvalue weighted by atomic mass is 32.1. The van der Waals surface area contributed by atoms with E-state index in [2.05, 4.69) is 20.4 Å². The highest BCUT2D eigenvalue weighted by molar-refractivity contribution is 7.09. The fraction of sp³-hybridized carbons (Fsp3) is 0.412. The molecule has 1 amide bonds. The average molecular weight is 342 g/mol. The maximum atomic E-state index is 13.0. The first-order valence-corrected chi connectivity index (χ1v) is 8.93. The summed E-state index contributed by atoms with van der Waals surface area (Å²) in [6.07, 6.45) is 2.77. The van der Waals surface area contributed by atoms with Gasteiger partial charge in [0, 0.05) is 11.1 Å². The van der Waals surface area contributed by atoms with Crippen LogP contribution in [0.4, 0.5) is 0 Å². The number of fused-ring (bicyclic) bond motifs is 2. The van der Waals surface area contributed by atoms with Gasteiger partial charge in [-0.15, -0.1) is 11.3 Å². The van der Waals surface area contributed by atoms with Gasteiger partial charge in [0.1, 0.15) is 0 Å². The van der Waals surface area contributed by atoms with Crippen molar-refractivity contribution in [3.05, 3.63) is 38.6 Å². The summed E-state index contributed by atoms with van der Waals surface area (Å²) in [5, 5.41) is 10.8. The fourth-order valence-electron chi connectivity index (χ4n) is 3.29. The molecule has 0 spiro atoms. The quantitative estimate of drug-likeness (QED) is 0.790. The van der Waals surface area contributed by atoms with Crippen molar-refractivity contribution in [3.63, 3.8) is 0 Å². The zero-order valence-corrected chi connectivity index (χ0v) is 14.7. The molecule has 7 heteroatoms. The second-order valence-electron chi connectivity index (χ2n) is 6.20. The first-order chi connectivity index (χ1) is 11.5. The summed E-state index contributed by atoms with van der Waals surface area (Å²) in [5.41, 5.74) is 4.71. The van der Waals surface area contributed by atoms with Gasteiger partial charge >= 0.3 is 0 Å². The number of nitrogens with one attached hydrogen (secondary N) is 1. The van der Waals surface area contributed by atoms with Gasteiger partial charge in [-0.1, -0.05) is 5.16 Å². The number of aromatic nitrogens is 3. The van der Waals surface area contributed by atoms with Gasteiger partial charge in [0.05, 0.1) is 33.4 Å². The molecule has 0 bridgehead atoms. The van der Waals surface area contributed by atoms with Crippen molar-refractivity contribution in [1.82, 2.24) is 20.4 Å². The largest absolute Gasteiger partial charge is 0.344 e. The molecule has 1 N–H and O–H groups in total. The molecule has 24 heavy (non-hydrogen) atoms. The smallest absolute Gasteiger partial charge is 0.259 e. The van der Waals surface area contributed by atoms with Gasteiger partial charge in [0.2, 0.25) is 0 Å². The summed E-state index contributed by atoms with van der Waals surface area (Å²) in [6, 6.07) is -0.150. The zero-order valence-electron chi connectivity index (χ0n) is 13.8. The van der Waals surface area contributed by atoms with Crippen LogP contribution in [-0.4, -0.2) is 21.0 Å². The van der Waals surface area contributed by atoms with Crippen LogP contribution in [0, 0.1) is 13.8 Å². The molecule has 4 rings (SSSR count). The van der Waals surface area contributed by atoms with Crippen LogP contribution in [0.1, 0.15) is 57.4 Å². The van der Waals surface area contributed by atoms with Gasteiger partial charge in [-0.3, -0.25) is 4.79 Å². The van der Waals surface area contributed by atoms with Gasteiger partial charge in [-0.25, -0.2) is 9.97 Å². The number of thiazole rings is 1. The van der Waals surface area contributed by atoms with Gasteiger partial charge in [-0.2, -0.15) is 0 Å². The number of pyridine rings is 1. The summed E-state index contributed by atoms with van der Waals surface area (Å²) in [6.45, 7) is 5.76. The molecule has 0 radical (unpaired) electrons. The van der Waals surface area contributed by atoms with Crippen molar-refractivity contribution in [3.8, 4) is 0 Å². The third kappa shape index (κ3) is 2.39. The van der Waals surface area contributed by atoms with Crippen molar-refractivity contribution in [2.24, 2.45) is 0 Å². The minimum Gasteiger partial charge on any atom is -0.344 e. The highest BCUT2D eigenvalue weighted by Crippen LogP contribution is 2.32. The molecule has 3 aromatic rings. The minimum absolute atomic E-state index is 0.106. The van der Waals surface area contributed by atoms with Crippen molar-refractivity contribution in [1.29, 1.82) is 0 Å². The van der Waals surface area contributed by atoms with E-state index in [0.717, 1.165) is 46.6 Å². The molecule has 3 aromatic heterocycles. The fourth-order valence-corrected chi connectivity index (χ4v) is 3.99. The first-order valence-electron chi connectivity index (χ1n) is 8.05. The molecule has 0 aromatic carbocycles. The predicted octanol–water partition coefficient (Wildman–Crippen LogP) is 3.28. The maximum Gasteiger partial charge on any atom is 0.259 e. The maximum absolute atomic E-state index is 13.0. The van der Waals surface area contributed by atoms with E-state index in [4.69, 9.17) is 4.52 Å². The van der Waals surface area contributed by atoms with Crippen LogP contribution in [-0.2, 0) is 12.8 Å². The molecule has 0 saturated heterocycles. The molecule has 6 nitrogen and oxygen atoms in total. The average Bonchev–Trinajstić information content (AvgIpc) is 3.26.